The molecule has 2 atom stereocenters. The summed E-state index contributed by atoms with van der Waals surface area (Å²) in [5, 5.41) is 3.47. The number of amides is 1. The Kier molecular flexibility index (Phi) is 10.4. The second-order valence-corrected chi connectivity index (χ2v) is 8.52. The molecule has 0 aromatic heterocycles. The molecule has 0 bridgehead atoms. The molecular weight excluding hydrogens is 489 g/mol. The quantitative estimate of drug-likeness (QED) is 0.351. The van der Waals surface area contributed by atoms with Crippen molar-refractivity contribution < 1.29 is 4.79 Å². The second kappa shape index (κ2) is 12.5. The van der Waals surface area contributed by atoms with E-state index >= 15 is 0 Å². The first-order valence-corrected chi connectivity index (χ1v) is 11.1. The van der Waals surface area contributed by atoms with Crippen LogP contribution in [0.25, 0.3) is 0 Å². The van der Waals surface area contributed by atoms with E-state index in [1.54, 1.807) is 19.0 Å². The molecule has 2 unspecified atom stereocenters. The number of guanidine groups is 1. The number of carbonyl (C=O) groups excluding carboxylic acids is 1. The van der Waals surface area contributed by atoms with Crippen molar-refractivity contribution in [3.8, 4) is 0 Å². The Morgan fingerprint density at radius 1 is 1.20 bits per heavy atom. The van der Waals surface area contributed by atoms with Crippen LogP contribution in [-0.4, -0.2) is 79.4 Å². The minimum absolute atomic E-state index is 0. The van der Waals surface area contributed by atoms with Crippen LogP contribution in [0.15, 0.2) is 35.3 Å². The predicted octanol–water partition coefficient (Wildman–Crippen LogP) is 3.03. The van der Waals surface area contributed by atoms with Crippen LogP contribution in [0.4, 0.5) is 0 Å². The summed E-state index contributed by atoms with van der Waals surface area (Å²) < 4.78 is 0. The first kappa shape index (κ1) is 24.9. The van der Waals surface area contributed by atoms with Gasteiger partial charge < -0.3 is 15.1 Å². The Balaban J connectivity index is 0.00000320. The number of benzene rings is 1. The maximum Gasteiger partial charge on any atom is 0.243 e. The van der Waals surface area contributed by atoms with E-state index in [1.807, 2.05) is 0 Å². The van der Waals surface area contributed by atoms with Gasteiger partial charge in [0, 0.05) is 46.3 Å². The molecule has 0 aliphatic carbocycles. The van der Waals surface area contributed by atoms with Gasteiger partial charge >= 0.3 is 0 Å². The fraction of sp³-hybridized carbons (Fsp3) is 0.652. The number of hydrogen-bond donors (Lipinski definition) is 1. The number of carbonyl (C=O) groups is 1. The molecule has 30 heavy (non-hydrogen) atoms. The summed E-state index contributed by atoms with van der Waals surface area (Å²) in [7, 11) is 3.57. The van der Waals surface area contributed by atoms with Gasteiger partial charge in [-0.1, -0.05) is 37.3 Å². The Bertz CT molecular complexity index is 681. The van der Waals surface area contributed by atoms with Crippen LogP contribution < -0.4 is 5.32 Å². The van der Waals surface area contributed by atoms with Gasteiger partial charge in [0.05, 0.1) is 0 Å². The van der Waals surface area contributed by atoms with Crippen LogP contribution >= 0.6 is 24.0 Å². The van der Waals surface area contributed by atoms with E-state index in [4.69, 9.17) is 0 Å². The molecule has 1 N–H and O–H groups in total. The molecule has 0 saturated carbocycles. The van der Waals surface area contributed by atoms with Crippen LogP contribution in [0.1, 0.15) is 38.2 Å². The number of nitrogens with one attached hydrogen (secondary N) is 1. The Labute approximate surface area is 199 Å². The van der Waals surface area contributed by atoms with Crippen molar-refractivity contribution in [1.29, 1.82) is 0 Å². The molecule has 7 heteroatoms. The van der Waals surface area contributed by atoms with Gasteiger partial charge in [0.2, 0.25) is 5.91 Å². The van der Waals surface area contributed by atoms with Gasteiger partial charge in [-0.15, -0.1) is 24.0 Å². The van der Waals surface area contributed by atoms with Crippen molar-refractivity contribution in [3.05, 3.63) is 35.9 Å². The lowest BCUT2D eigenvalue weighted by molar-refractivity contribution is -0.127. The van der Waals surface area contributed by atoms with E-state index in [2.05, 4.69) is 57.4 Å². The number of likely N-dealkylation sites (tertiary alicyclic amines) is 2. The summed E-state index contributed by atoms with van der Waals surface area (Å²) >= 11 is 0. The summed E-state index contributed by atoms with van der Waals surface area (Å²) in [4.78, 5) is 23.3. The van der Waals surface area contributed by atoms with Crippen molar-refractivity contribution in [2.75, 3.05) is 46.8 Å². The third-order valence-corrected chi connectivity index (χ3v) is 6.11. The third-order valence-electron chi connectivity index (χ3n) is 6.11. The lowest BCUT2D eigenvalue weighted by atomic mass is 9.83. The molecule has 168 valence electrons. The smallest absolute Gasteiger partial charge is 0.243 e. The van der Waals surface area contributed by atoms with Gasteiger partial charge in [-0.3, -0.25) is 9.69 Å². The third kappa shape index (κ3) is 6.83. The summed E-state index contributed by atoms with van der Waals surface area (Å²) in [5.74, 6) is 1.61. The zero-order chi connectivity index (χ0) is 20.6. The lowest BCUT2D eigenvalue weighted by Gasteiger charge is -2.48. The minimum Gasteiger partial charge on any atom is -0.356 e. The fourth-order valence-electron chi connectivity index (χ4n) is 4.50. The highest BCUT2D eigenvalue weighted by Crippen LogP contribution is 2.31. The van der Waals surface area contributed by atoms with E-state index in [0.29, 0.717) is 12.0 Å². The number of nitrogens with zero attached hydrogens (tertiary/aromatic N) is 4. The Morgan fingerprint density at radius 3 is 2.67 bits per heavy atom. The molecule has 2 saturated heterocycles. The number of likely N-dealkylation sites (N-methyl/N-ethyl adjacent to an activating group) is 1. The number of aliphatic imine (C=N–C) groups is 1. The van der Waals surface area contributed by atoms with Crippen molar-refractivity contribution in [3.63, 3.8) is 0 Å². The van der Waals surface area contributed by atoms with Crippen LogP contribution in [0.3, 0.4) is 0 Å². The number of piperidine rings is 2. The fourth-order valence-corrected chi connectivity index (χ4v) is 4.50. The van der Waals surface area contributed by atoms with Gasteiger partial charge in [0.25, 0.3) is 0 Å². The summed E-state index contributed by atoms with van der Waals surface area (Å²) in [6, 6.07) is 11.5. The standard InChI is InChI=1S/C23H37N5O.HI/c1-4-13-24-23(25-16-22(29)26(2)3)28-15-12-21-20(18-28)11-8-14-27(21)17-19-9-6-5-7-10-19;/h5-7,9-10,20-21H,4,8,11-18H2,1-3H3,(H,24,25);1H. The van der Waals surface area contributed by atoms with Crippen molar-refractivity contribution in [2.24, 2.45) is 10.9 Å². The SMILES string of the molecule is CCCNC(=NCC(=O)N(C)C)N1CCC2C(CCCN2Cc2ccccc2)C1.I. The number of hydrogen-bond acceptors (Lipinski definition) is 3. The Hall–Kier alpha value is -1.35. The summed E-state index contributed by atoms with van der Waals surface area (Å²) in [6.45, 7) is 7.53. The van der Waals surface area contributed by atoms with E-state index in [-0.39, 0.29) is 36.4 Å². The van der Waals surface area contributed by atoms with Crippen molar-refractivity contribution >= 4 is 35.8 Å². The van der Waals surface area contributed by atoms with E-state index in [1.165, 1.54) is 24.9 Å². The highest BCUT2D eigenvalue weighted by atomic mass is 127. The molecule has 1 amide bonds. The first-order valence-electron chi connectivity index (χ1n) is 11.1. The Morgan fingerprint density at radius 2 is 1.97 bits per heavy atom. The maximum atomic E-state index is 12.0. The molecule has 2 aliphatic rings. The van der Waals surface area contributed by atoms with E-state index < -0.39 is 0 Å². The van der Waals surface area contributed by atoms with Gasteiger partial charge in [-0.2, -0.15) is 0 Å². The van der Waals surface area contributed by atoms with Crippen LogP contribution in [0.5, 0.6) is 0 Å². The largest absolute Gasteiger partial charge is 0.356 e. The molecule has 2 aliphatic heterocycles. The first-order chi connectivity index (χ1) is 14.1. The second-order valence-electron chi connectivity index (χ2n) is 8.52. The molecular formula is C23H38IN5O. The number of fused-ring (bicyclic) bond motifs is 1. The average molecular weight is 527 g/mol. The summed E-state index contributed by atoms with van der Waals surface area (Å²) in [5.41, 5.74) is 1.41. The molecule has 6 nitrogen and oxygen atoms in total. The van der Waals surface area contributed by atoms with Crippen molar-refractivity contribution in [2.45, 2.75) is 45.2 Å². The molecule has 0 radical (unpaired) electrons. The lowest BCUT2D eigenvalue weighted by Crippen LogP contribution is -2.56. The van der Waals surface area contributed by atoms with Crippen LogP contribution in [0, 0.1) is 5.92 Å². The van der Waals surface area contributed by atoms with Crippen LogP contribution in [0.2, 0.25) is 0 Å². The number of rotatable bonds is 6. The zero-order valence-electron chi connectivity index (χ0n) is 18.7. The molecule has 2 fully saturated rings. The van der Waals surface area contributed by atoms with Crippen LogP contribution in [-0.2, 0) is 11.3 Å². The maximum absolute atomic E-state index is 12.0. The number of halogens is 1. The van der Waals surface area contributed by atoms with E-state index in [9.17, 15) is 4.79 Å². The monoisotopic (exact) mass is 527 g/mol. The highest BCUT2D eigenvalue weighted by Gasteiger charge is 2.36. The average Bonchev–Trinajstić information content (AvgIpc) is 2.74. The summed E-state index contributed by atoms with van der Waals surface area (Å²) in [6.07, 6.45) is 4.75. The molecule has 2 heterocycles. The highest BCUT2D eigenvalue weighted by molar-refractivity contribution is 14.0. The topological polar surface area (TPSA) is 51.2 Å². The van der Waals surface area contributed by atoms with Crippen molar-refractivity contribution in [1.82, 2.24) is 20.0 Å². The predicted molar refractivity (Wildman–Crippen MR) is 134 cm³/mol. The normalized spacial score (nSPS) is 22.1. The van der Waals surface area contributed by atoms with Gasteiger partial charge in [0.15, 0.2) is 5.96 Å². The molecule has 3 rings (SSSR count). The molecule has 0 spiro atoms. The van der Waals surface area contributed by atoms with Gasteiger partial charge in [-0.05, 0) is 43.7 Å². The van der Waals surface area contributed by atoms with E-state index in [0.717, 1.165) is 45.0 Å². The zero-order valence-corrected chi connectivity index (χ0v) is 21.0. The molecule has 1 aromatic rings. The van der Waals surface area contributed by atoms with Gasteiger partial charge in [0.1, 0.15) is 6.54 Å². The minimum atomic E-state index is 0. The molecule has 1 aromatic carbocycles. The van der Waals surface area contributed by atoms with Gasteiger partial charge in [-0.25, -0.2) is 4.99 Å².